The van der Waals surface area contributed by atoms with E-state index in [1.165, 1.54) is 5.56 Å². The number of hydrogen-bond donors (Lipinski definition) is 2. The topological polar surface area (TPSA) is 71.2 Å². The van der Waals surface area contributed by atoms with Crippen molar-refractivity contribution in [1.29, 1.82) is 0 Å². The molecule has 5 nitrogen and oxygen atoms in total. The molecule has 0 aliphatic carbocycles. The third-order valence-corrected chi connectivity index (χ3v) is 9.45. The van der Waals surface area contributed by atoms with Crippen LogP contribution in [0.3, 0.4) is 0 Å². The summed E-state index contributed by atoms with van der Waals surface area (Å²) in [7, 11) is 0. The molecule has 0 amide bonds. The van der Waals surface area contributed by atoms with Crippen LogP contribution in [0.5, 0.6) is 11.5 Å². The average Bonchev–Trinajstić information content (AvgIpc) is 3.30. The Balaban J connectivity index is 1.98. The minimum atomic E-state index is -0.270. The molecule has 1 heterocycles. The molecule has 0 saturated heterocycles. The lowest BCUT2D eigenvalue weighted by Crippen LogP contribution is -2.28. The maximum atomic E-state index is 12.1. The summed E-state index contributed by atoms with van der Waals surface area (Å²) in [4.78, 5) is 1.57. The van der Waals surface area contributed by atoms with Crippen molar-refractivity contribution in [2.45, 2.75) is 146 Å². The van der Waals surface area contributed by atoms with Crippen LogP contribution in [0.4, 0.5) is 0 Å². The monoisotopic (exact) mass is 653 g/mol. The van der Waals surface area contributed by atoms with E-state index in [4.69, 9.17) is 10.2 Å². The number of nitrogens with zero attached hydrogens (tertiary/aromatic N) is 3. The average molecular weight is 654 g/mol. The van der Waals surface area contributed by atoms with Gasteiger partial charge in [-0.15, -0.1) is 15.0 Å². The molecule has 5 heteroatoms. The Kier molecular flexibility index (Phi) is 9.78. The molecule has 0 bridgehead atoms. The molecule has 262 valence electrons. The first kappa shape index (κ1) is 37.5. The van der Waals surface area contributed by atoms with Gasteiger partial charge in [0.2, 0.25) is 0 Å². The molecule has 3 aromatic carbocycles. The molecule has 0 atom stereocenters. The minimum absolute atomic E-state index is 0.0769. The van der Waals surface area contributed by atoms with Crippen LogP contribution in [0.1, 0.15) is 151 Å². The van der Waals surface area contributed by atoms with Crippen molar-refractivity contribution >= 4 is 11.0 Å². The van der Waals surface area contributed by atoms with E-state index in [-0.39, 0.29) is 38.2 Å². The third kappa shape index (κ3) is 8.81. The largest absolute Gasteiger partial charge is 0.507 e. The molecule has 0 fully saturated rings. The molecule has 0 aliphatic heterocycles. The van der Waals surface area contributed by atoms with Gasteiger partial charge >= 0.3 is 0 Å². The maximum Gasteiger partial charge on any atom is 0.146 e. The number of phenolic OH excluding ortho intramolecular Hbond substituents is 2. The first-order chi connectivity index (χ1) is 21.7. The van der Waals surface area contributed by atoms with Crippen molar-refractivity contribution in [2.75, 3.05) is 0 Å². The molecule has 4 rings (SSSR count). The quantitative estimate of drug-likeness (QED) is 0.189. The fourth-order valence-corrected chi connectivity index (χ4v) is 8.54. The highest BCUT2D eigenvalue weighted by Crippen LogP contribution is 2.47. The second-order valence-corrected chi connectivity index (χ2v) is 20.1. The van der Waals surface area contributed by atoms with Gasteiger partial charge in [-0.2, -0.15) is 0 Å². The van der Waals surface area contributed by atoms with E-state index in [2.05, 4.69) is 122 Å². The van der Waals surface area contributed by atoms with E-state index in [1.54, 1.807) is 4.80 Å². The van der Waals surface area contributed by atoms with E-state index in [0.717, 1.165) is 52.5 Å². The van der Waals surface area contributed by atoms with Gasteiger partial charge in [-0.3, -0.25) is 0 Å². The van der Waals surface area contributed by atoms with Gasteiger partial charge in [0, 0.05) is 17.5 Å². The Morgan fingerprint density at radius 3 is 1.35 bits per heavy atom. The van der Waals surface area contributed by atoms with Gasteiger partial charge in [0.1, 0.15) is 28.2 Å². The van der Waals surface area contributed by atoms with Crippen molar-refractivity contribution in [1.82, 2.24) is 15.0 Å². The highest BCUT2D eigenvalue weighted by Gasteiger charge is 2.35. The van der Waals surface area contributed by atoms with Gasteiger partial charge in [-0.05, 0) is 86.6 Å². The number of aromatic nitrogens is 3. The zero-order chi connectivity index (χ0) is 36.3. The van der Waals surface area contributed by atoms with Crippen molar-refractivity contribution in [2.24, 2.45) is 16.2 Å². The molecular weight excluding hydrogens is 590 g/mol. The first-order valence-electron chi connectivity index (χ1n) is 17.7. The zero-order valence-corrected chi connectivity index (χ0v) is 32.7. The zero-order valence-electron chi connectivity index (χ0n) is 32.7. The van der Waals surface area contributed by atoms with Gasteiger partial charge in [-0.1, -0.05) is 134 Å². The number of phenols is 2. The molecule has 0 radical (unpaired) electrons. The van der Waals surface area contributed by atoms with Gasteiger partial charge in [0.15, 0.2) is 0 Å². The standard InChI is InChI=1S/C43H63N3O2/c1-38(2,3)25-41(10,11)30-21-28(36(47)32(23-30)43(14,15)27-40(7,8)9)20-29-22-31(42(12,13)26-39(4,5)6)24-35(37(29)48)46-44-33-18-16-17-19-34(33)45-46/h16-19,21-24,47-48H,20,25-27H2,1-15H3. The second kappa shape index (κ2) is 12.5. The molecule has 2 N–H and O–H groups in total. The summed E-state index contributed by atoms with van der Waals surface area (Å²) < 4.78 is 0. The van der Waals surface area contributed by atoms with Crippen molar-refractivity contribution in [3.63, 3.8) is 0 Å². The van der Waals surface area contributed by atoms with E-state index in [9.17, 15) is 10.2 Å². The molecule has 0 unspecified atom stereocenters. The van der Waals surface area contributed by atoms with Crippen LogP contribution >= 0.6 is 0 Å². The lowest BCUT2D eigenvalue weighted by atomic mass is 9.68. The van der Waals surface area contributed by atoms with E-state index in [1.807, 2.05) is 30.3 Å². The Morgan fingerprint density at radius 1 is 0.521 bits per heavy atom. The number of rotatable bonds is 9. The van der Waals surface area contributed by atoms with Gasteiger partial charge < -0.3 is 10.2 Å². The van der Waals surface area contributed by atoms with Crippen molar-refractivity contribution in [3.05, 3.63) is 76.3 Å². The van der Waals surface area contributed by atoms with Crippen LogP contribution in [0.2, 0.25) is 0 Å². The second-order valence-electron chi connectivity index (χ2n) is 20.1. The normalized spacial score (nSPS) is 13.8. The Morgan fingerprint density at radius 2 is 0.917 bits per heavy atom. The number of benzene rings is 3. The summed E-state index contributed by atoms with van der Waals surface area (Å²) in [5, 5.41) is 33.7. The Labute approximate surface area is 291 Å². The molecule has 0 aliphatic rings. The highest BCUT2D eigenvalue weighted by molar-refractivity contribution is 5.74. The minimum Gasteiger partial charge on any atom is -0.507 e. The summed E-state index contributed by atoms with van der Waals surface area (Å²) in [5.41, 5.74) is 6.69. The molecule has 1 aromatic heterocycles. The number of fused-ring (bicyclic) bond motifs is 1. The van der Waals surface area contributed by atoms with Crippen LogP contribution in [0.25, 0.3) is 16.7 Å². The summed E-state index contributed by atoms with van der Waals surface area (Å²) in [6.45, 7) is 34.1. The van der Waals surface area contributed by atoms with Crippen LogP contribution in [-0.2, 0) is 22.7 Å². The number of aromatic hydroxyl groups is 2. The predicted molar refractivity (Wildman–Crippen MR) is 203 cm³/mol. The van der Waals surface area contributed by atoms with Gasteiger partial charge in [0.25, 0.3) is 0 Å². The van der Waals surface area contributed by atoms with Crippen LogP contribution in [-0.4, -0.2) is 25.2 Å². The van der Waals surface area contributed by atoms with E-state index >= 15 is 0 Å². The van der Waals surface area contributed by atoms with Crippen LogP contribution in [0.15, 0.2) is 48.5 Å². The summed E-state index contributed by atoms with van der Waals surface area (Å²) in [5.74, 6) is 0.461. The molecule has 48 heavy (non-hydrogen) atoms. The van der Waals surface area contributed by atoms with Crippen molar-refractivity contribution in [3.8, 4) is 17.2 Å². The van der Waals surface area contributed by atoms with Crippen molar-refractivity contribution < 1.29 is 10.2 Å². The smallest absolute Gasteiger partial charge is 0.146 e. The fraction of sp³-hybridized carbons (Fsp3) is 0.581. The lowest BCUT2D eigenvalue weighted by Gasteiger charge is -2.37. The molecule has 0 saturated carbocycles. The highest BCUT2D eigenvalue weighted by atomic mass is 16.3. The maximum absolute atomic E-state index is 12.1. The predicted octanol–water partition coefficient (Wildman–Crippen LogP) is 11.6. The third-order valence-electron chi connectivity index (χ3n) is 9.45. The van der Waals surface area contributed by atoms with Crippen LogP contribution in [0, 0.1) is 16.2 Å². The SMILES string of the molecule is CC(C)(C)CC(C)(C)c1cc(Cc2cc(C(C)(C)CC(C)(C)C)cc(C(C)(C)CC(C)(C)C)c2O)c(O)c(-n2nc3ccccc3n2)c1. The Bertz CT molecular complexity index is 1740. The van der Waals surface area contributed by atoms with E-state index in [0.29, 0.717) is 17.9 Å². The Hall–Kier alpha value is -3.34. The fourth-order valence-electron chi connectivity index (χ4n) is 8.54. The lowest BCUT2D eigenvalue weighted by molar-refractivity contribution is 0.274. The summed E-state index contributed by atoms with van der Waals surface area (Å²) in [6.07, 6.45) is 3.24. The van der Waals surface area contributed by atoms with E-state index < -0.39 is 0 Å². The first-order valence-corrected chi connectivity index (χ1v) is 17.7. The molecular formula is C43H63N3O2. The van der Waals surface area contributed by atoms with Gasteiger partial charge in [-0.25, -0.2) is 0 Å². The van der Waals surface area contributed by atoms with Crippen LogP contribution < -0.4 is 0 Å². The van der Waals surface area contributed by atoms with Gasteiger partial charge in [0.05, 0.1) is 0 Å². The molecule has 4 aromatic rings. The number of hydrogen-bond acceptors (Lipinski definition) is 4. The molecule has 0 spiro atoms. The summed E-state index contributed by atoms with van der Waals surface area (Å²) in [6, 6.07) is 16.4. The summed E-state index contributed by atoms with van der Waals surface area (Å²) >= 11 is 0.